The molecule has 0 saturated carbocycles. The van der Waals surface area contributed by atoms with Crippen LogP contribution in [0.2, 0.25) is 0 Å². The lowest BCUT2D eigenvalue weighted by Crippen LogP contribution is -2.37. The molecule has 0 aliphatic carbocycles. The van der Waals surface area contributed by atoms with E-state index in [1.54, 1.807) is 31.2 Å². The van der Waals surface area contributed by atoms with E-state index in [1.165, 1.54) is 11.6 Å². The van der Waals surface area contributed by atoms with Crippen molar-refractivity contribution in [2.75, 3.05) is 0 Å². The summed E-state index contributed by atoms with van der Waals surface area (Å²) in [6.07, 6.45) is 5.33. The third-order valence-electron chi connectivity index (χ3n) is 4.10. The molecule has 3 aromatic heterocycles. The fraction of sp³-hybridized carbons (Fsp3) is 0.333. The van der Waals surface area contributed by atoms with Crippen molar-refractivity contribution in [1.82, 2.24) is 19.1 Å². The molecule has 3 rings (SSSR count). The molecule has 0 saturated heterocycles. The van der Waals surface area contributed by atoms with Crippen LogP contribution in [-0.2, 0) is 26.3 Å². The first-order valence-corrected chi connectivity index (χ1v) is 9.13. The van der Waals surface area contributed by atoms with Crippen LogP contribution in [0.4, 0.5) is 0 Å². The molecule has 0 aliphatic rings. The Morgan fingerprint density at radius 1 is 1.12 bits per heavy atom. The quantitative estimate of drug-likeness (QED) is 0.656. The molecule has 0 amide bonds. The molecule has 0 N–H and O–H groups in total. The monoisotopic (exact) mass is 356 g/mol. The number of aromatic nitrogens is 4. The number of rotatable bonds is 5. The average Bonchev–Trinajstić information content (AvgIpc) is 2.64. The molecular weight excluding hydrogens is 336 g/mol. The highest BCUT2D eigenvalue weighted by Crippen LogP contribution is 2.31. The Kier molecular flexibility index (Phi) is 5.03. The molecule has 3 heterocycles. The van der Waals surface area contributed by atoms with Crippen LogP contribution in [0.3, 0.4) is 0 Å². The molecule has 6 nitrogen and oxygen atoms in total. The van der Waals surface area contributed by atoms with Crippen molar-refractivity contribution >= 4 is 22.8 Å². The van der Waals surface area contributed by atoms with Gasteiger partial charge in [-0.1, -0.05) is 19.4 Å². The second-order valence-corrected chi connectivity index (χ2v) is 6.86. The molecule has 0 aromatic carbocycles. The van der Waals surface area contributed by atoms with Gasteiger partial charge in [0.1, 0.15) is 5.65 Å². The molecule has 130 valence electrons. The first kappa shape index (κ1) is 17.4. The van der Waals surface area contributed by atoms with Crippen molar-refractivity contribution in [2.24, 2.45) is 14.1 Å². The van der Waals surface area contributed by atoms with E-state index in [4.69, 9.17) is 0 Å². The van der Waals surface area contributed by atoms with Crippen LogP contribution in [-0.4, -0.2) is 19.1 Å². The lowest BCUT2D eigenvalue weighted by atomic mass is 10.1. The maximum atomic E-state index is 12.8. The minimum Gasteiger partial charge on any atom is -0.280 e. The van der Waals surface area contributed by atoms with E-state index in [0.717, 1.165) is 33.6 Å². The second kappa shape index (κ2) is 7.23. The van der Waals surface area contributed by atoms with Crippen molar-refractivity contribution in [3.8, 4) is 0 Å². The average molecular weight is 356 g/mol. The van der Waals surface area contributed by atoms with E-state index >= 15 is 0 Å². The highest BCUT2D eigenvalue weighted by Gasteiger charge is 2.17. The van der Waals surface area contributed by atoms with E-state index in [1.807, 2.05) is 18.2 Å². The van der Waals surface area contributed by atoms with Gasteiger partial charge in [-0.3, -0.25) is 18.9 Å². The van der Waals surface area contributed by atoms with Gasteiger partial charge in [-0.15, -0.1) is 11.8 Å². The number of nitrogens with zero attached hydrogens (tertiary/aromatic N) is 4. The van der Waals surface area contributed by atoms with Gasteiger partial charge in [-0.05, 0) is 24.1 Å². The van der Waals surface area contributed by atoms with Crippen LogP contribution in [0.1, 0.15) is 24.6 Å². The van der Waals surface area contributed by atoms with Gasteiger partial charge in [0.2, 0.25) is 0 Å². The zero-order valence-corrected chi connectivity index (χ0v) is 15.3. The Labute approximate surface area is 149 Å². The van der Waals surface area contributed by atoms with Gasteiger partial charge in [-0.25, -0.2) is 9.78 Å². The SMILES string of the molecule is CCCc1cnc2c(c1SCc1ccccn1)c(=O)n(C)c(=O)n2C. The highest BCUT2D eigenvalue weighted by atomic mass is 32.2. The van der Waals surface area contributed by atoms with Crippen LogP contribution in [0, 0.1) is 0 Å². The normalized spacial score (nSPS) is 11.2. The summed E-state index contributed by atoms with van der Waals surface area (Å²) in [6, 6.07) is 5.79. The smallest absolute Gasteiger partial charge is 0.280 e. The minimum atomic E-state index is -0.367. The standard InChI is InChI=1S/C18H20N4O2S/c1-4-7-12-10-20-16-14(17(23)22(3)18(24)21(16)2)15(12)25-11-13-8-5-6-9-19-13/h5-6,8-10H,4,7,11H2,1-3H3. The van der Waals surface area contributed by atoms with Crippen molar-refractivity contribution in [3.05, 3.63) is 62.7 Å². The first-order valence-electron chi connectivity index (χ1n) is 8.15. The predicted octanol–water partition coefficient (Wildman–Crippen LogP) is 2.27. The van der Waals surface area contributed by atoms with Gasteiger partial charge >= 0.3 is 5.69 Å². The molecule has 0 spiro atoms. The lowest BCUT2D eigenvalue weighted by Gasteiger charge is -2.14. The largest absolute Gasteiger partial charge is 0.332 e. The number of hydrogen-bond acceptors (Lipinski definition) is 5. The molecule has 0 unspecified atom stereocenters. The summed E-state index contributed by atoms with van der Waals surface area (Å²) in [6.45, 7) is 2.09. The van der Waals surface area contributed by atoms with E-state index < -0.39 is 0 Å². The second-order valence-electron chi connectivity index (χ2n) is 5.88. The summed E-state index contributed by atoms with van der Waals surface area (Å²) in [5.41, 5.74) is 1.74. The Hall–Kier alpha value is -2.41. The Bertz CT molecular complexity index is 1030. The fourth-order valence-corrected chi connectivity index (χ4v) is 3.91. The van der Waals surface area contributed by atoms with Gasteiger partial charge in [0.25, 0.3) is 5.56 Å². The molecule has 7 heteroatoms. The Morgan fingerprint density at radius 3 is 2.60 bits per heavy atom. The van der Waals surface area contributed by atoms with Crippen LogP contribution in [0.25, 0.3) is 11.0 Å². The molecule has 0 aliphatic heterocycles. The zero-order valence-electron chi connectivity index (χ0n) is 14.5. The third-order valence-corrected chi connectivity index (χ3v) is 5.30. The topological polar surface area (TPSA) is 69.8 Å². The zero-order chi connectivity index (χ0) is 18.0. The number of pyridine rings is 2. The lowest BCUT2D eigenvalue weighted by molar-refractivity contribution is 0.704. The molecular formula is C18H20N4O2S. The number of hydrogen-bond donors (Lipinski definition) is 0. The summed E-state index contributed by atoms with van der Waals surface area (Å²) in [4.78, 5) is 34.6. The molecule has 0 radical (unpaired) electrons. The van der Waals surface area contributed by atoms with Crippen LogP contribution >= 0.6 is 11.8 Å². The minimum absolute atomic E-state index is 0.299. The molecule has 25 heavy (non-hydrogen) atoms. The fourth-order valence-electron chi connectivity index (χ4n) is 2.78. The van der Waals surface area contributed by atoms with Gasteiger partial charge in [0.05, 0.1) is 11.1 Å². The maximum absolute atomic E-state index is 12.8. The first-order chi connectivity index (χ1) is 12.0. The van der Waals surface area contributed by atoms with Gasteiger partial charge in [0.15, 0.2) is 0 Å². The van der Waals surface area contributed by atoms with Gasteiger partial charge in [0, 0.05) is 37.1 Å². The van der Waals surface area contributed by atoms with Crippen LogP contribution in [0.5, 0.6) is 0 Å². The van der Waals surface area contributed by atoms with Gasteiger partial charge < -0.3 is 0 Å². The van der Waals surface area contributed by atoms with E-state index in [0.29, 0.717) is 16.8 Å². The van der Waals surface area contributed by atoms with Crippen molar-refractivity contribution < 1.29 is 0 Å². The Morgan fingerprint density at radius 2 is 1.92 bits per heavy atom. The third kappa shape index (κ3) is 3.24. The summed E-state index contributed by atoms with van der Waals surface area (Å²) >= 11 is 1.58. The summed E-state index contributed by atoms with van der Waals surface area (Å²) in [7, 11) is 3.15. The molecule has 0 fully saturated rings. The summed E-state index contributed by atoms with van der Waals surface area (Å²) < 4.78 is 2.57. The van der Waals surface area contributed by atoms with Gasteiger partial charge in [-0.2, -0.15) is 0 Å². The van der Waals surface area contributed by atoms with E-state index in [-0.39, 0.29) is 11.2 Å². The summed E-state index contributed by atoms with van der Waals surface area (Å²) in [5.74, 6) is 0.655. The summed E-state index contributed by atoms with van der Waals surface area (Å²) in [5, 5.41) is 0.511. The van der Waals surface area contributed by atoms with Crippen LogP contribution < -0.4 is 11.2 Å². The van der Waals surface area contributed by atoms with E-state index in [9.17, 15) is 9.59 Å². The van der Waals surface area contributed by atoms with Crippen molar-refractivity contribution in [3.63, 3.8) is 0 Å². The maximum Gasteiger partial charge on any atom is 0.332 e. The Balaban J connectivity index is 2.20. The molecule has 0 atom stereocenters. The highest BCUT2D eigenvalue weighted by molar-refractivity contribution is 7.98. The van der Waals surface area contributed by atoms with E-state index in [2.05, 4.69) is 16.9 Å². The number of thioether (sulfide) groups is 1. The van der Waals surface area contributed by atoms with Crippen molar-refractivity contribution in [2.45, 2.75) is 30.4 Å². The predicted molar refractivity (Wildman–Crippen MR) is 100 cm³/mol. The van der Waals surface area contributed by atoms with Crippen LogP contribution in [0.15, 0.2) is 45.1 Å². The number of aryl methyl sites for hydroxylation is 2. The molecule has 3 aromatic rings. The number of fused-ring (bicyclic) bond motifs is 1. The van der Waals surface area contributed by atoms with Crippen molar-refractivity contribution in [1.29, 1.82) is 0 Å². The molecule has 0 bridgehead atoms.